The van der Waals surface area contributed by atoms with Crippen molar-refractivity contribution in [2.24, 2.45) is 0 Å². The van der Waals surface area contributed by atoms with Crippen LogP contribution in [0.15, 0.2) is 54.5 Å². The van der Waals surface area contributed by atoms with Crippen molar-refractivity contribution in [3.63, 3.8) is 0 Å². The summed E-state index contributed by atoms with van der Waals surface area (Å²) in [5.74, 6) is -0.863. The SMILES string of the molecule is Cc1ccn2cc(-c3ccc(C)c(NC4=CC(=O)N(CCO)C4=O)c3)nc2c1. The number of pyridine rings is 1. The molecular formula is C21H20N4O3. The molecule has 2 N–H and O–H groups in total. The predicted molar refractivity (Wildman–Crippen MR) is 106 cm³/mol. The number of aliphatic hydroxyl groups is 1. The summed E-state index contributed by atoms with van der Waals surface area (Å²) in [6.45, 7) is 3.67. The van der Waals surface area contributed by atoms with Crippen LogP contribution in [0.1, 0.15) is 11.1 Å². The first-order valence-electron chi connectivity index (χ1n) is 8.98. The van der Waals surface area contributed by atoms with E-state index in [0.29, 0.717) is 0 Å². The van der Waals surface area contributed by atoms with E-state index in [-0.39, 0.29) is 18.8 Å². The van der Waals surface area contributed by atoms with Gasteiger partial charge in [-0.15, -0.1) is 0 Å². The molecule has 1 aromatic carbocycles. The number of β-amino-alcohol motifs (C(OH)–C–C–N with tert-alkyl or cyclic N) is 1. The lowest BCUT2D eigenvalue weighted by molar-refractivity contribution is -0.137. The highest BCUT2D eigenvalue weighted by molar-refractivity contribution is 6.17. The van der Waals surface area contributed by atoms with Gasteiger partial charge in [0.1, 0.15) is 11.3 Å². The number of rotatable bonds is 5. The topological polar surface area (TPSA) is 86.9 Å². The zero-order valence-corrected chi connectivity index (χ0v) is 15.6. The number of aromatic nitrogens is 2. The second-order valence-corrected chi connectivity index (χ2v) is 6.83. The third-order valence-electron chi connectivity index (χ3n) is 4.75. The number of amides is 2. The number of aliphatic hydroxyl groups excluding tert-OH is 1. The van der Waals surface area contributed by atoms with Crippen molar-refractivity contribution in [3.8, 4) is 11.3 Å². The van der Waals surface area contributed by atoms with E-state index in [9.17, 15) is 9.59 Å². The second kappa shape index (κ2) is 6.94. The normalized spacial score (nSPS) is 14.1. The van der Waals surface area contributed by atoms with E-state index in [4.69, 9.17) is 5.11 Å². The summed E-state index contributed by atoms with van der Waals surface area (Å²) < 4.78 is 1.96. The van der Waals surface area contributed by atoms with Gasteiger partial charge in [0, 0.05) is 29.7 Å². The van der Waals surface area contributed by atoms with E-state index in [1.54, 1.807) is 0 Å². The zero-order chi connectivity index (χ0) is 19.8. The van der Waals surface area contributed by atoms with Crippen LogP contribution >= 0.6 is 0 Å². The smallest absolute Gasteiger partial charge is 0.277 e. The highest BCUT2D eigenvalue weighted by atomic mass is 16.3. The van der Waals surface area contributed by atoms with Crippen LogP contribution in [0.3, 0.4) is 0 Å². The van der Waals surface area contributed by atoms with Crippen molar-refractivity contribution in [2.75, 3.05) is 18.5 Å². The quantitative estimate of drug-likeness (QED) is 0.667. The summed E-state index contributed by atoms with van der Waals surface area (Å²) in [5, 5.41) is 12.1. The highest BCUT2D eigenvalue weighted by Crippen LogP contribution is 2.27. The number of imide groups is 1. The Balaban J connectivity index is 1.65. The van der Waals surface area contributed by atoms with Gasteiger partial charge in [-0.2, -0.15) is 0 Å². The standard InChI is InChI=1S/C21H20N4O3/c1-13-5-6-24-12-18(23-19(24)9-13)15-4-3-14(2)16(10-15)22-17-11-20(27)25(7-8-26)21(17)28/h3-6,9-12,22,26H,7-8H2,1-2H3. The maximum absolute atomic E-state index is 12.4. The molecule has 3 heterocycles. The van der Waals surface area contributed by atoms with Gasteiger partial charge in [-0.25, -0.2) is 4.98 Å². The molecule has 7 heteroatoms. The summed E-state index contributed by atoms with van der Waals surface area (Å²) in [6.07, 6.45) is 5.19. The Morgan fingerprint density at radius 1 is 1.14 bits per heavy atom. The Morgan fingerprint density at radius 3 is 2.75 bits per heavy atom. The predicted octanol–water partition coefficient (Wildman–Crippen LogP) is 2.28. The lowest BCUT2D eigenvalue weighted by atomic mass is 10.1. The van der Waals surface area contributed by atoms with Crippen LogP contribution in [0.5, 0.6) is 0 Å². The van der Waals surface area contributed by atoms with Gasteiger partial charge in [0.2, 0.25) is 0 Å². The van der Waals surface area contributed by atoms with E-state index in [1.807, 2.05) is 61.0 Å². The van der Waals surface area contributed by atoms with Crippen LogP contribution in [0.2, 0.25) is 0 Å². The molecule has 28 heavy (non-hydrogen) atoms. The number of nitrogens with zero attached hydrogens (tertiary/aromatic N) is 3. The fraction of sp³-hybridized carbons (Fsp3) is 0.190. The van der Waals surface area contributed by atoms with Crippen LogP contribution in [0.25, 0.3) is 16.9 Å². The third kappa shape index (κ3) is 3.16. The Labute approximate surface area is 161 Å². The van der Waals surface area contributed by atoms with Gasteiger partial charge in [0.15, 0.2) is 0 Å². The average Bonchev–Trinajstić information content (AvgIpc) is 3.19. The molecule has 0 atom stereocenters. The maximum Gasteiger partial charge on any atom is 0.277 e. The maximum atomic E-state index is 12.4. The van der Waals surface area contributed by atoms with Crippen molar-refractivity contribution in [3.05, 3.63) is 65.6 Å². The van der Waals surface area contributed by atoms with Crippen molar-refractivity contribution < 1.29 is 14.7 Å². The van der Waals surface area contributed by atoms with E-state index >= 15 is 0 Å². The van der Waals surface area contributed by atoms with Gasteiger partial charge >= 0.3 is 0 Å². The van der Waals surface area contributed by atoms with Gasteiger partial charge in [-0.05, 0) is 43.2 Å². The monoisotopic (exact) mass is 376 g/mol. The highest BCUT2D eigenvalue weighted by Gasteiger charge is 2.30. The summed E-state index contributed by atoms with van der Waals surface area (Å²) >= 11 is 0. The Hall–Kier alpha value is -3.45. The van der Waals surface area contributed by atoms with Crippen molar-refractivity contribution in [1.82, 2.24) is 14.3 Å². The number of imidazole rings is 1. The summed E-state index contributed by atoms with van der Waals surface area (Å²) in [6, 6.07) is 9.87. The molecule has 0 aliphatic carbocycles. The fourth-order valence-electron chi connectivity index (χ4n) is 3.19. The number of benzene rings is 1. The van der Waals surface area contributed by atoms with E-state index < -0.39 is 11.8 Å². The third-order valence-corrected chi connectivity index (χ3v) is 4.75. The molecule has 0 radical (unpaired) electrons. The summed E-state index contributed by atoms with van der Waals surface area (Å²) in [4.78, 5) is 30.0. The first-order chi connectivity index (χ1) is 13.5. The van der Waals surface area contributed by atoms with Crippen LogP contribution in [-0.4, -0.2) is 44.4 Å². The van der Waals surface area contributed by atoms with Gasteiger partial charge < -0.3 is 14.8 Å². The minimum Gasteiger partial charge on any atom is -0.395 e. The lowest BCUT2D eigenvalue weighted by Crippen LogP contribution is -2.34. The number of carbonyl (C=O) groups is 2. The molecule has 4 rings (SSSR count). The number of hydrogen-bond acceptors (Lipinski definition) is 5. The van der Waals surface area contributed by atoms with Gasteiger partial charge in [-0.1, -0.05) is 12.1 Å². The molecule has 3 aromatic rings. The number of hydrogen-bond donors (Lipinski definition) is 2. The molecule has 0 unspecified atom stereocenters. The molecule has 1 aliphatic rings. The number of carbonyl (C=O) groups excluding carboxylic acids is 2. The zero-order valence-electron chi connectivity index (χ0n) is 15.6. The first-order valence-corrected chi connectivity index (χ1v) is 8.98. The van der Waals surface area contributed by atoms with Crippen LogP contribution in [0, 0.1) is 13.8 Å². The Kier molecular flexibility index (Phi) is 4.44. The largest absolute Gasteiger partial charge is 0.395 e. The molecule has 0 spiro atoms. The lowest BCUT2D eigenvalue weighted by Gasteiger charge is -2.14. The van der Waals surface area contributed by atoms with Crippen LogP contribution in [0.4, 0.5) is 5.69 Å². The molecular weight excluding hydrogens is 356 g/mol. The first kappa shape index (κ1) is 17.9. The number of anilines is 1. The van der Waals surface area contributed by atoms with Crippen LogP contribution < -0.4 is 5.32 Å². The van der Waals surface area contributed by atoms with E-state index in [2.05, 4.69) is 10.3 Å². The molecule has 0 saturated carbocycles. The molecule has 0 fully saturated rings. The minimum atomic E-state index is -0.438. The summed E-state index contributed by atoms with van der Waals surface area (Å²) in [7, 11) is 0. The molecule has 0 bridgehead atoms. The average molecular weight is 376 g/mol. The fourth-order valence-corrected chi connectivity index (χ4v) is 3.19. The van der Waals surface area contributed by atoms with Gasteiger partial charge in [0.05, 0.1) is 18.8 Å². The number of nitrogens with one attached hydrogen (secondary N) is 1. The van der Waals surface area contributed by atoms with Crippen LogP contribution in [-0.2, 0) is 9.59 Å². The van der Waals surface area contributed by atoms with E-state index in [1.165, 1.54) is 6.08 Å². The second-order valence-electron chi connectivity index (χ2n) is 6.83. The molecule has 0 saturated heterocycles. The Bertz CT molecular complexity index is 1130. The minimum absolute atomic E-state index is 0.0148. The molecule has 2 amide bonds. The number of fused-ring (bicyclic) bond motifs is 1. The number of aryl methyl sites for hydroxylation is 2. The van der Waals surface area contributed by atoms with Crippen molar-refractivity contribution in [2.45, 2.75) is 13.8 Å². The summed E-state index contributed by atoms with van der Waals surface area (Å²) in [5.41, 5.74) is 5.58. The van der Waals surface area contributed by atoms with Gasteiger partial charge in [-0.3, -0.25) is 14.5 Å². The van der Waals surface area contributed by atoms with Crippen molar-refractivity contribution in [1.29, 1.82) is 0 Å². The van der Waals surface area contributed by atoms with E-state index in [0.717, 1.165) is 38.6 Å². The molecule has 2 aromatic heterocycles. The molecule has 1 aliphatic heterocycles. The van der Waals surface area contributed by atoms with Crippen molar-refractivity contribution >= 4 is 23.1 Å². The van der Waals surface area contributed by atoms with Gasteiger partial charge in [0.25, 0.3) is 11.8 Å². The molecule has 142 valence electrons. The Morgan fingerprint density at radius 2 is 1.96 bits per heavy atom. The molecule has 7 nitrogen and oxygen atoms in total.